The van der Waals surface area contributed by atoms with Crippen molar-refractivity contribution in [2.45, 2.75) is 52.0 Å². The number of nitrogens with one attached hydrogen (secondary N) is 1. The molecule has 1 aromatic heterocycles. The number of rotatable bonds is 5. The molecular formula is C16H26N2OS. The Morgan fingerprint density at radius 1 is 1.40 bits per heavy atom. The van der Waals surface area contributed by atoms with E-state index < -0.39 is 0 Å². The molecule has 1 aliphatic rings. The van der Waals surface area contributed by atoms with E-state index in [1.54, 1.807) is 11.3 Å². The van der Waals surface area contributed by atoms with Crippen LogP contribution in [0.3, 0.4) is 0 Å². The van der Waals surface area contributed by atoms with Crippen LogP contribution in [0.4, 0.5) is 0 Å². The third-order valence-corrected chi connectivity index (χ3v) is 5.27. The fourth-order valence-electron chi connectivity index (χ4n) is 2.73. The van der Waals surface area contributed by atoms with Crippen molar-refractivity contribution in [2.75, 3.05) is 20.1 Å². The molecule has 20 heavy (non-hydrogen) atoms. The van der Waals surface area contributed by atoms with E-state index in [0.29, 0.717) is 6.04 Å². The quantitative estimate of drug-likeness (QED) is 0.905. The maximum Gasteiger partial charge on any atom is 0.261 e. The van der Waals surface area contributed by atoms with Crippen LogP contribution in [-0.2, 0) is 12.8 Å². The molecule has 1 aromatic rings. The molecule has 3 nitrogen and oxygen atoms in total. The lowest BCUT2D eigenvalue weighted by molar-refractivity contribution is 0.0921. The normalized spacial score (nSPS) is 17.4. The highest BCUT2D eigenvalue weighted by molar-refractivity contribution is 7.14. The van der Waals surface area contributed by atoms with Crippen molar-refractivity contribution in [3.8, 4) is 0 Å². The van der Waals surface area contributed by atoms with Gasteiger partial charge in [-0.1, -0.05) is 20.3 Å². The molecule has 4 heteroatoms. The molecule has 0 bridgehead atoms. The molecule has 0 saturated carbocycles. The number of piperidine rings is 1. The number of carbonyl (C=O) groups is 1. The predicted octanol–water partition coefficient (Wildman–Crippen LogP) is 3.09. The topological polar surface area (TPSA) is 32.3 Å². The number of aryl methyl sites for hydroxylation is 2. The largest absolute Gasteiger partial charge is 0.349 e. The highest BCUT2D eigenvalue weighted by atomic mass is 32.1. The Labute approximate surface area is 126 Å². The third kappa shape index (κ3) is 3.83. The summed E-state index contributed by atoms with van der Waals surface area (Å²) in [4.78, 5) is 17.0. The number of thiophene rings is 1. The average Bonchev–Trinajstić information content (AvgIpc) is 2.85. The van der Waals surface area contributed by atoms with E-state index in [-0.39, 0.29) is 5.91 Å². The van der Waals surface area contributed by atoms with Crippen LogP contribution in [0.2, 0.25) is 0 Å². The van der Waals surface area contributed by atoms with Crippen LogP contribution in [0, 0.1) is 0 Å². The number of hydrogen-bond donors (Lipinski definition) is 1. The van der Waals surface area contributed by atoms with Crippen molar-refractivity contribution in [1.82, 2.24) is 10.2 Å². The monoisotopic (exact) mass is 294 g/mol. The van der Waals surface area contributed by atoms with Crippen LogP contribution in [0.15, 0.2) is 6.07 Å². The van der Waals surface area contributed by atoms with E-state index in [9.17, 15) is 4.79 Å². The molecule has 2 rings (SSSR count). The van der Waals surface area contributed by atoms with Gasteiger partial charge in [-0.25, -0.2) is 0 Å². The second-order valence-corrected chi connectivity index (χ2v) is 6.85. The Hall–Kier alpha value is -0.870. The zero-order valence-corrected chi connectivity index (χ0v) is 13.7. The molecule has 0 aromatic carbocycles. The van der Waals surface area contributed by atoms with Crippen LogP contribution in [-0.4, -0.2) is 37.0 Å². The van der Waals surface area contributed by atoms with Crippen LogP contribution in [0.25, 0.3) is 0 Å². The van der Waals surface area contributed by atoms with Gasteiger partial charge in [0, 0.05) is 10.9 Å². The zero-order chi connectivity index (χ0) is 14.5. The summed E-state index contributed by atoms with van der Waals surface area (Å²) in [5.41, 5.74) is 1.35. The molecule has 0 radical (unpaired) electrons. The van der Waals surface area contributed by atoms with Gasteiger partial charge in [0.1, 0.15) is 0 Å². The summed E-state index contributed by atoms with van der Waals surface area (Å²) < 4.78 is 0. The van der Waals surface area contributed by atoms with Gasteiger partial charge in [-0.3, -0.25) is 4.79 Å². The van der Waals surface area contributed by atoms with E-state index in [0.717, 1.165) is 50.1 Å². The van der Waals surface area contributed by atoms with E-state index in [2.05, 4.69) is 37.2 Å². The van der Waals surface area contributed by atoms with Crippen LogP contribution in [0.5, 0.6) is 0 Å². The molecule has 1 fully saturated rings. The van der Waals surface area contributed by atoms with Gasteiger partial charge in [0.15, 0.2) is 0 Å². The first kappa shape index (κ1) is 15.5. The Kier molecular flexibility index (Phi) is 5.61. The van der Waals surface area contributed by atoms with E-state index >= 15 is 0 Å². The second-order valence-electron chi connectivity index (χ2n) is 5.71. The molecule has 1 amide bonds. The Bertz CT molecular complexity index is 447. The maximum absolute atomic E-state index is 12.4. The second kappa shape index (κ2) is 7.23. The highest BCUT2D eigenvalue weighted by Crippen LogP contribution is 2.25. The van der Waals surface area contributed by atoms with Crippen molar-refractivity contribution in [3.63, 3.8) is 0 Å². The van der Waals surface area contributed by atoms with Gasteiger partial charge in [-0.05, 0) is 57.5 Å². The third-order valence-electron chi connectivity index (χ3n) is 4.03. The minimum Gasteiger partial charge on any atom is -0.349 e. The van der Waals surface area contributed by atoms with Gasteiger partial charge in [-0.15, -0.1) is 11.3 Å². The first-order valence-corrected chi connectivity index (χ1v) is 8.56. The van der Waals surface area contributed by atoms with Gasteiger partial charge in [0.2, 0.25) is 0 Å². The average molecular weight is 294 g/mol. The molecule has 0 unspecified atom stereocenters. The standard InChI is InChI=1S/C16H26N2OS/c1-4-6-14-12(5-2)11-15(20-14)16(19)17-13-7-9-18(3)10-8-13/h11,13H,4-10H2,1-3H3,(H,17,19). The fraction of sp³-hybridized carbons (Fsp3) is 0.688. The van der Waals surface area contributed by atoms with E-state index in [4.69, 9.17) is 0 Å². The SMILES string of the molecule is CCCc1sc(C(=O)NC2CCN(C)CC2)cc1CC. The highest BCUT2D eigenvalue weighted by Gasteiger charge is 2.20. The molecule has 1 aliphatic heterocycles. The van der Waals surface area contributed by atoms with Crippen LogP contribution < -0.4 is 5.32 Å². The summed E-state index contributed by atoms with van der Waals surface area (Å²) in [5, 5.41) is 3.21. The van der Waals surface area contributed by atoms with E-state index in [1.165, 1.54) is 10.4 Å². The van der Waals surface area contributed by atoms with Gasteiger partial charge in [-0.2, -0.15) is 0 Å². The predicted molar refractivity (Wildman–Crippen MR) is 85.7 cm³/mol. The summed E-state index contributed by atoms with van der Waals surface area (Å²) in [6, 6.07) is 2.44. The summed E-state index contributed by atoms with van der Waals surface area (Å²) in [6.45, 7) is 6.52. The lowest BCUT2D eigenvalue weighted by Gasteiger charge is -2.29. The van der Waals surface area contributed by atoms with Crippen molar-refractivity contribution in [3.05, 3.63) is 21.4 Å². The summed E-state index contributed by atoms with van der Waals surface area (Å²) in [5.74, 6) is 0.126. The molecule has 1 N–H and O–H groups in total. The zero-order valence-electron chi connectivity index (χ0n) is 12.9. The van der Waals surface area contributed by atoms with Crippen molar-refractivity contribution >= 4 is 17.2 Å². The Balaban J connectivity index is 1.98. The number of amides is 1. The van der Waals surface area contributed by atoms with Crippen molar-refractivity contribution in [2.24, 2.45) is 0 Å². The first-order chi connectivity index (χ1) is 9.63. The molecule has 112 valence electrons. The van der Waals surface area contributed by atoms with Crippen LogP contribution >= 0.6 is 11.3 Å². The summed E-state index contributed by atoms with van der Waals surface area (Å²) in [6.07, 6.45) is 5.39. The number of carbonyl (C=O) groups excluding carboxylic acids is 1. The van der Waals surface area contributed by atoms with Gasteiger partial charge >= 0.3 is 0 Å². The molecule has 0 spiro atoms. The molecule has 1 saturated heterocycles. The molecule has 0 atom stereocenters. The Morgan fingerprint density at radius 3 is 2.70 bits per heavy atom. The Morgan fingerprint density at radius 2 is 2.10 bits per heavy atom. The van der Waals surface area contributed by atoms with Gasteiger partial charge < -0.3 is 10.2 Å². The lowest BCUT2D eigenvalue weighted by atomic mass is 10.1. The smallest absolute Gasteiger partial charge is 0.261 e. The number of hydrogen-bond acceptors (Lipinski definition) is 3. The minimum atomic E-state index is 0.126. The van der Waals surface area contributed by atoms with Gasteiger partial charge in [0.05, 0.1) is 4.88 Å². The van der Waals surface area contributed by atoms with E-state index in [1.807, 2.05) is 0 Å². The lowest BCUT2D eigenvalue weighted by Crippen LogP contribution is -2.43. The minimum absolute atomic E-state index is 0.126. The molecular weight excluding hydrogens is 268 g/mol. The van der Waals surface area contributed by atoms with Crippen LogP contribution in [0.1, 0.15) is 53.2 Å². The summed E-state index contributed by atoms with van der Waals surface area (Å²) >= 11 is 1.68. The maximum atomic E-state index is 12.4. The fourth-order valence-corrected chi connectivity index (χ4v) is 3.98. The number of likely N-dealkylation sites (tertiary alicyclic amines) is 1. The molecule has 2 heterocycles. The van der Waals surface area contributed by atoms with Crippen molar-refractivity contribution in [1.29, 1.82) is 0 Å². The van der Waals surface area contributed by atoms with Crippen molar-refractivity contribution < 1.29 is 4.79 Å². The van der Waals surface area contributed by atoms with Gasteiger partial charge in [0.25, 0.3) is 5.91 Å². The first-order valence-electron chi connectivity index (χ1n) is 7.75. The summed E-state index contributed by atoms with van der Waals surface area (Å²) in [7, 11) is 2.14. The molecule has 0 aliphatic carbocycles. The number of nitrogens with zero attached hydrogens (tertiary/aromatic N) is 1.